The highest BCUT2D eigenvalue weighted by atomic mass is 16.4. The second-order valence-electron chi connectivity index (χ2n) is 5.92. The third kappa shape index (κ3) is 3.88. The molecule has 114 valence electrons. The Balaban J connectivity index is 2.02. The van der Waals surface area contributed by atoms with Gasteiger partial charge in [-0.15, -0.1) is 5.10 Å². The van der Waals surface area contributed by atoms with Gasteiger partial charge in [-0.05, 0) is 0 Å². The molecular weight excluding hydrogens is 274 g/mol. The first kappa shape index (κ1) is 15.2. The van der Waals surface area contributed by atoms with Gasteiger partial charge in [0.2, 0.25) is 5.89 Å². The summed E-state index contributed by atoms with van der Waals surface area (Å²) in [5.74, 6) is 0.261. The molecule has 2 aromatic rings. The van der Waals surface area contributed by atoms with Gasteiger partial charge in [0.05, 0.1) is 11.9 Å². The fourth-order valence-corrected chi connectivity index (χ4v) is 1.69. The minimum absolute atomic E-state index is 0.104. The van der Waals surface area contributed by atoms with Gasteiger partial charge in [0.15, 0.2) is 0 Å². The maximum atomic E-state index is 10.7. The average Bonchev–Trinajstić information content (AvgIpc) is 2.98. The largest absolute Gasteiger partial charge is 0.480 e. The topological polar surface area (TPSA) is 120 Å². The van der Waals surface area contributed by atoms with Crippen LogP contribution in [0.1, 0.15) is 38.1 Å². The first-order chi connectivity index (χ1) is 9.75. The predicted octanol–water partition coefficient (Wildman–Crippen LogP) is 0.566. The lowest BCUT2D eigenvalue weighted by molar-refractivity contribution is -0.138. The zero-order valence-corrected chi connectivity index (χ0v) is 12.3. The van der Waals surface area contributed by atoms with E-state index in [1.165, 1.54) is 0 Å². The molecule has 21 heavy (non-hydrogen) atoms. The molecule has 8 heteroatoms. The van der Waals surface area contributed by atoms with E-state index in [1.54, 1.807) is 17.1 Å². The van der Waals surface area contributed by atoms with Crippen LogP contribution in [-0.2, 0) is 23.2 Å². The number of rotatable bonds is 5. The smallest absolute Gasteiger partial charge is 0.320 e. The van der Waals surface area contributed by atoms with Gasteiger partial charge in [-0.2, -0.15) is 0 Å². The highest BCUT2D eigenvalue weighted by molar-refractivity contribution is 5.73. The van der Waals surface area contributed by atoms with E-state index in [0.29, 0.717) is 18.1 Å². The van der Waals surface area contributed by atoms with Gasteiger partial charge in [-0.1, -0.05) is 26.0 Å². The molecule has 2 heterocycles. The Labute approximate surface area is 122 Å². The quantitative estimate of drug-likeness (QED) is 0.826. The molecule has 0 spiro atoms. The highest BCUT2D eigenvalue weighted by Gasteiger charge is 2.19. The molecule has 2 aromatic heterocycles. The Bertz CT molecular complexity index is 626. The van der Waals surface area contributed by atoms with Crippen LogP contribution in [0.4, 0.5) is 0 Å². The second kappa shape index (κ2) is 5.65. The van der Waals surface area contributed by atoms with E-state index in [2.05, 4.69) is 15.3 Å². The summed E-state index contributed by atoms with van der Waals surface area (Å²) in [5, 5.41) is 16.6. The number of aromatic nitrogens is 4. The van der Waals surface area contributed by atoms with Gasteiger partial charge in [0.25, 0.3) is 0 Å². The summed E-state index contributed by atoms with van der Waals surface area (Å²) in [6.07, 6.45) is 3.48. The maximum absolute atomic E-state index is 10.7. The Morgan fingerprint density at radius 3 is 2.81 bits per heavy atom. The summed E-state index contributed by atoms with van der Waals surface area (Å²) in [7, 11) is 0. The molecule has 1 unspecified atom stereocenters. The molecule has 0 aliphatic rings. The van der Waals surface area contributed by atoms with E-state index < -0.39 is 12.0 Å². The van der Waals surface area contributed by atoms with Crippen molar-refractivity contribution in [1.82, 2.24) is 20.0 Å². The number of carboxylic acids is 1. The molecule has 0 amide bonds. The third-order valence-corrected chi connectivity index (χ3v) is 2.92. The molecule has 0 radical (unpaired) electrons. The molecule has 0 saturated heterocycles. The number of carbonyl (C=O) groups is 1. The Morgan fingerprint density at radius 2 is 2.24 bits per heavy atom. The van der Waals surface area contributed by atoms with Gasteiger partial charge in [-0.3, -0.25) is 4.79 Å². The van der Waals surface area contributed by atoms with Crippen LogP contribution in [0.25, 0.3) is 0 Å². The third-order valence-electron chi connectivity index (χ3n) is 2.92. The number of carboxylic acid groups (broad SMARTS) is 1. The van der Waals surface area contributed by atoms with E-state index in [1.807, 2.05) is 20.8 Å². The van der Waals surface area contributed by atoms with Gasteiger partial charge in [-0.25, -0.2) is 9.67 Å². The molecular formula is C13H19N5O3. The van der Waals surface area contributed by atoms with Crippen LogP contribution in [0.3, 0.4) is 0 Å². The van der Waals surface area contributed by atoms with Crippen LogP contribution in [-0.4, -0.2) is 37.1 Å². The summed E-state index contributed by atoms with van der Waals surface area (Å²) in [5.41, 5.74) is 5.87. The van der Waals surface area contributed by atoms with Crippen molar-refractivity contribution in [1.29, 1.82) is 0 Å². The van der Waals surface area contributed by atoms with Crippen LogP contribution in [0.2, 0.25) is 0 Å². The van der Waals surface area contributed by atoms with Crippen LogP contribution in [0.15, 0.2) is 16.8 Å². The van der Waals surface area contributed by atoms with Crippen molar-refractivity contribution in [3.05, 3.63) is 29.7 Å². The van der Waals surface area contributed by atoms with E-state index in [0.717, 1.165) is 5.76 Å². The fraction of sp³-hybridized carbons (Fsp3) is 0.538. The lowest BCUT2D eigenvalue weighted by atomic mass is 9.94. The molecule has 3 N–H and O–H groups in total. The van der Waals surface area contributed by atoms with E-state index in [4.69, 9.17) is 15.3 Å². The summed E-state index contributed by atoms with van der Waals surface area (Å²) in [4.78, 5) is 14.9. The normalized spacial score (nSPS) is 13.3. The zero-order chi connectivity index (χ0) is 15.6. The first-order valence-electron chi connectivity index (χ1n) is 6.58. The van der Waals surface area contributed by atoms with Crippen LogP contribution >= 0.6 is 0 Å². The number of nitrogens with zero attached hydrogens (tertiary/aromatic N) is 4. The fourth-order valence-electron chi connectivity index (χ4n) is 1.69. The molecule has 0 aliphatic heterocycles. The van der Waals surface area contributed by atoms with Gasteiger partial charge >= 0.3 is 5.97 Å². The lowest BCUT2D eigenvalue weighted by Gasteiger charge is -2.13. The van der Waals surface area contributed by atoms with Crippen molar-refractivity contribution >= 4 is 5.97 Å². The van der Waals surface area contributed by atoms with Crippen LogP contribution in [0.5, 0.6) is 0 Å². The highest BCUT2D eigenvalue weighted by Crippen LogP contribution is 2.22. The van der Waals surface area contributed by atoms with E-state index >= 15 is 0 Å². The van der Waals surface area contributed by atoms with Crippen molar-refractivity contribution in [3.63, 3.8) is 0 Å². The minimum Gasteiger partial charge on any atom is -0.480 e. The lowest BCUT2D eigenvalue weighted by Crippen LogP contribution is -2.32. The molecule has 1 atom stereocenters. The monoisotopic (exact) mass is 293 g/mol. The Hall–Kier alpha value is -2.22. The summed E-state index contributed by atoms with van der Waals surface area (Å²) in [6.45, 7) is 6.46. The molecule has 0 fully saturated rings. The number of hydrogen-bond acceptors (Lipinski definition) is 6. The first-order valence-corrected chi connectivity index (χ1v) is 6.58. The molecule has 0 aliphatic carbocycles. The minimum atomic E-state index is -1.06. The average molecular weight is 293 g/mol. The molecule has 8 nitrogen and oxygen atoms in total. The summed E-state index contributed by atoms with van der Waals surface area (Å²) < 4.78 is 7.21. The Kier molecular flexibility index (Phi) is 4.08. The molecule has 0 aromatic carbocycles. The number of nitrogens with two attached hydrogens (primary N) is 1. The van der Waals surface area contributed by atoms with Crippen LogP contribution in [0, 0.1) is 0 Å². The van der Waals surface area contributed by atoms with Crippen molar-refractivity contribution in [2.75, 3.05) is 0 Å². The Morgan fingerprint density at radius 1 is 1.52 bits per heavy atom. The molecule has 2 rings (SSSR count). The SMILES string of the molecule is CC(C)(C)c1cnc(Cn2cc(CC(N)C(=O)O)nn2)o1. The van der Waals surface area contributed by atoms with Crippen molar-refractivity contribution in [3.8, 4) is 0 Å². The zero-order valence-electron chi connectivity index (χ0n) is 12.3. The number of aliphatic carboxylic acids is 1. The number of oxazole rings is 1. The van der Waals surface area contributed by atoms with Crippen LogP contribution < -0.4 is 5.73 Å². The van der Waals surface area contributed by atoms with Crippen molar-refractivity contribution < 1.29 is 14.3 Å². The second-order valence-corrected chi connectivity index (χ2v) is 5.92. The van der Waals surface area contributed by atoms with E-state index in [9.17, 15) is 4.79 Å². The number of hydrogen-bond donors (Lipinski definition) is 2. The maximum Gasteiger partial charge on any atom is 0.320 e. The molecule has 0 saturated carbocycles. The standard InChI is InChI=1S/C13H19N5O3/c1-13(2,3)10-5-15-11(21-10)7-18-6-8(16-17-18)4-9(14)12(19)20/h5-6,9H,4,7,14H2,1-3H3,(H,19,20). The van der Waals surface area contributed by atoms with Gasteiger partial charge in [0.1, 0.15) is 18.3 Å². The predicted molar refractivity (Wildman–Crippen MR) is 73.6 cm³/mol. The van der Waals surface area contributed by atoms with Crippen molar-refractivity contribution in [2.24, 2.45) is 5.73 Å². The van der Waals surface area contributed by atoms with Gasteiger partial charge in [0, 0.05) is 18.0 Å². The van der Waals surface area contributed by atoms with Crippen molar-refractivity contribution in [2.45, 2.75) is 45.2 Å². The van der Waals surface area contributed by atoms with Gasteiger partial charge < -0.3 is 15.3 Å². The summed E-state index contributed by atoms with van der Waals surface area (Å²) >= 11 is 0. The van der Waals surface area contributed by atoms with E-state index in [-0.39, 0.29) is 11.8 Å². The summed E-state index contributed by atoms with van der Waals surface area (Å²) in [6, 6.07) is -0.982. The molecule has 0 bridgehead atoms.